The Hall–Kier alpha value is -2.98. The van der Waals surface area contributed by atoms with Crippen LogP contribution < -0.4 is 14.2 Å². The first-order valence-electron chi connectivity index (χ1n) is 11.1. The second kappa shape index (κ2) is 12.5. The minimum atomic E-state index is -4.17. The third-order valence-electron chi connectivity index (χ3n) is 5.59. The molecule has 0 atom stereocenters. The summed E-state index contributed by atoms with van der Waals surface area (Å²) < 4.78 is 44.5. The molecule has 0 radical (unpaired) electrons. The van der Waals surface area contributed by atoms with E-state index in [1.807, 2.05) is 6.07 Å². The standard InChI is InChI=1S/C26H28Cl2N2O6S/c1-29(15-19-12-22(34-2)26(36-4)23(13-19)35-3)25(31)17-30(16-18-8-6-5-7-9-18)37(32,33)24-14-20(27)10-11-21(24)28/h5-14H,15-17H2,1-4H3. The molecule has 3 rings (SSSR count). The van der Waals surface area contributed by atoms with E-state index in [2.05, 4.69) is 0 Å². The third kappa shape index (κ3) is 6.87. The van der Waals surface area contributed by atoms with Crippen molar-refractivity contribution in [1.29, 1.82) is 0 Å². The summed E-state index contributed by atoms with van der Waals surface area (Å²) in [6.45, 7) is -0.274. The Morgan fingerprint density at radius 3 is 2.03 bits per heavy atom. The number of sulfonamides is 1. The zero-order chi connectivity index (χ0) is 27.2. The molecule has 8 nitrogen and oxygen atoms in total. The molecule has 0 unspecified atom stereocenters. The van der Waals surface area contributed by atoms with Crippen LogP contribution in [-0.2, 0) is 27.9 Å². The number of amides is 1. The molecule has 0 saturated carbocycles. The zero-order valence-electron chi connectivity index (χ0n) is 20.9. The molecule has 1 amide bonds. The minimum Gasteiger partial charge on any atom is -0.493 e. The molecule has 0 aromatic heterocycles. The third-order valence-corrected chi connectivity index (χ3v) is 8.10. The maximum atomic E-state index is 13.6. The number of methoxy groups -OCH3 is 3. The monoisotopic (exact) mass is 566 g/mol. The Morgan fingerprint density at radius 2 is 1.46 bits per heavy atom. The van der Waals surface area contributed by atoms with Gasteiger partial charge in [-0.3, -0.25) is 4.79 Å². The number of benzene rings is 3. The second-order valence-corrected chi connectivity index (χ2v) is 10.9. The number of carbonyl (C=O) groups excluding carboxylic acids is 1. The SMILES string of the molecule is COc1cc(CN(C)C(=O)CN(Cc2ccccc2)S(=O)(=O)c2cc(Cl)ccc2Cl)cc(OC)c1OC. The van der Waals surface area contributed by atoms with Gasteiger partial charge < -0.3 is 19.1 Å². The van der Waals surface area contributed by atoms with Gasteiger partial charge in [-0.25, -0.2) is 8.42 Å². The first-order chi connectivity index (χ1) is 17.6. The first-order valence-corrected chi connectivity index (χ1v) is 13.3. The van der Waals surface area contributed by atoms with Crippen LogP contribution in [0.2, 0.25) is 10.0 Å². The van der Waals surface area contributed by atoms with E-state index >= 15 is 0 Å². The fraction of sp³-hybridized carbons (Fsp3) is 0.269. The summed E-state index contributed by atoms with van der Waals surface area (Å²) in [5, 5.41) is 0.231. The van der Waals surface area contributed by atoms with Crippen molar-refractivity contribution in [3.8, 4) is 17.2 Å². The van der Waals surface area contributed by atoms with Crippen molar-refractivity contribution in [3.05, 3.63) is 81.8 Å². The quantitative estimate of drug-likeness (QED) is 0.329. The van der Waals surface area contributed by atoms with Gasteiger partial charge in [0.15, 0.2) is 11.5 Å². The van der Waals surface area contributed by atoms with Crippen molar-refractivity contribution in [1.82, 2.24) is 9.21 Å². The highest BCUT2D eigenvalue weighted by atomic mass is 35.5. The average Bonchev–Trinajstić information content (AvgIpc) is 2.89. The molecule has 11 heteroatoms. The van der Waals surface area contributed by atoms with Gasteiger partial charge in [-0.2, -0.15) is 4.31 Å². The van der Waals surface area contributed by atoms with Gasteiger partial charge in [0, 0.05) is 25.2 Å². The van der Waals surface area contributed by atoms with Crippen LogP contribution in [0.25, 0.3) is 0 Å². The number of halogens is 2. The van der Waals surface area contributed by atoms with E-state index in [-0.39, 0.29) is 28.0 Å². The molecular weight excluding hydrogens is 539 g/mol. The summed E-state index contributed by atoms with van der Waals surface area (Å²) in [7, 11) is 1.93. The van der Waals surface area contributed by atoms with Gasteiger partial charge in [0.2, 0.25) is 21.7 Å². The largest absolute Gasteiger partial charge is 0.493 e. The maximum Gasteiger partial charge on any atom is 0.245 e. The van der Waals surface area contributed by atoms with Crippen molar-refractivity contribution < 1.29 is 27.4 Å². The molecule has 198 valence electrons. The van der Waals surface area contributed by atoms with E-state index in [9.17, 15) is 13.2 Å². The molecule has 3 aromatic carbocycles. The fourth-order valence-corrected chi connectivity index (χ4v) is 5.80. The van der Waals surface area contributed by atoms with E-state index < -0.39 is 22.5 Å². The highest BCUT2D eigenvalue weighted by Gasteiger charge is 2.30. The number of rotatable bonds is 11. The number of hydrogen-bond acceptors (Lipinski definition) is 6. The first kappa shape index (κ1) is 28.6. The summed E-state index contributed by atoms with van der Waals surface area (Å²) in [6, 6.07) is 16.6. The molecule has 0 spiro atoms. The zero-order valence-corrected chi connectivity index (χ0v) is 23.2. The lowest BCUT2D eigenvalue weighted by molar-refractivity contribution is -0.130. The maximum absolute atomic E-state index is 13.6. The van der Waals surface area contributed by atoms with Gasteiger partial charge >= 0.3 is 0 Å². The van der Waals surface area contributed by atoms with Gasteiger partial charge in [-0.1, -0.05) is 53.5 Å². The van der Waals surface area contributed by atoms with E-state index in [1.54, 1.807) is 43.4 Å². The van der Waals surface area contributed by atoms with Gasteiger partial charge in [0.25, 0.3) is 0 Å². The Kier molecular flexibility index (Phi) is 9.67. The lowest BCUT2D eigenvalue weighted by Gasteiger charge is -2.26. The smallest absolute Gasteiger partial charge is 0.245 e. The van der Waals surface area contributed by atoms with Gasteiger partial charge in [-0.05, 0) is 41.5 Å². The van der Waals surface area contributed by atoms with Gasteiger partial charge in [0.05, 0.1) is 32.9 Å². The summed E-state index contributed by atoms with van der Waals surface area (Å²) in [4.78, 5) is 14.5. The van der Waals surface area contributed by atoms with Crippen molar-refractivity contribution >= 4 is 39.1 Å². The molecule has 0 saturated heterocycles. The lowest BCUT2D eigenvalue weighted by atomic mass is 10.1. The molecular formula is C26H28Cl2N2O6S. The second-order valence-electron chi connectivity index (χ2n) is 8.12. The van der Waals surface area contributed by atoms with Crippen LogP contribution in [0.5, 0.6) is 17.2 Å². The fourth-order valence-electron chi connectivity index (χ4n) is 3.69. The van der Waals surface area contributed by atoms with Crippen LogP contribution in [0.3, 0.4) is 0 Å². The van der Waals surface area contributed by atoms with Crippen LogP contribution in [-0.4, -0.2) is 58.5 Å². The molecule has 0 aliphatic rings. The Labute approximate surface area is 227 Å². The molecule has 0 heterocycles. The molecule has 0 aliphatic carbocycles. The molecule has 3 aromatic rings. The van der Waals surface area contributed by atoms with Gasteiger partial charge in [0.1, 0.15) is 4.90 Å². The molecule has 0 N–H and O–H groups in total. The predicted molar refractivity (Wildman–Crippen MR) is 143 cm³/mol. The van der Waals surface area contributed by atoms with E-state index in [1.165, 1.54) is 44.4 Å². The van der Waals surface area contributed by atoms with Crippen molar-refractivity contribution in [2.75, 3.05) is 34.9 Å². The number of hydrogen-bond donors (Lipinski definition) is 0. The summed E-state index contributed by atoms with van der Waals surface area (Å²) in [5.41, 5.74) is 1.42. The number of ether oxygens (including phenoxy) is 3. The number of carbonyl (C=O) groups is 1. The topological polar surface area (TPSA) is 85.4 Å². The highest BCUT2D eigenvalue weighted by Crippen LogP contribution is 2.38. The summed E-state index contributed by atoms with van der Waals surface area (Å²) in [6.07, 6.45) is 0. The van der Waals surface area contributed by atoms with Crippen LogP contribution in [0.15, 0.2) is 65.6 Å². The van der Waals surface area contributed by atoms with E-state index in [0.29, 0.717) is 28.4 Å². The van der Waals surface area contributed by atoms with Crippen molar-refractivity contribution in [2.45, 2.75) is 18.0 Å². The van der Waals surface area contributed by atoms with E-state index in [0.717, 1.165) is 4.31 Å². The molecule has 0 aliphatic heterocycles. The van der Waals surface area contributed by atoms with Crippen LogP contribution in [0.1, 0.15) is 11.1 Å². The highest BCUT2D eigenvalue weighted by molar-refractivity contribution is 7.89. The van der Waals surface area contributed by atoms with Gasteiger partial charge in [-0.15, -0.1) is 0 Å². The van der Waals surface area contributed by atoms with Crippen molar-refractivity contribution in [3.63, 3.8) is 0 Å². The Bertz CT molecular complexity index is 1330. The molecule has 0 fully saturated rings. The van der Waals surface area contributed by atoms with Crippen LogP contribution in [0.4, 0.5) is 0 Å². The number of likely N-dealkylation sites (N-methyl/N-ethyl adjacent to an activating group) is 1. The Balaban J connectivity index is 1.90. The van der Waals surface area contributed by atoms with Crippen LogP contribution >= 0.6 is 23.2 Å². The molecule has 37 heavy (non-hydrogen) atoms. The Morgan fingerprint density at radius 1 is 0.838 bits per heavy atom. The summed E-state index contributed by atoms with van der Waals surface area (Å²) in [5.74, 6) is 0.899. The normalized spacial score (nSPS) is 11.3. The van der Waals surface area contributed by atoms with E-state index in [4.69, 9.17) is 37.4 Å². The van der Waals surface area contributed by atoms with Crippen LogP contribution in [0, 0.1) is 0 Å². The molecule has 0 bridgehead atoms. The summed E-state index contributed by atoms with van der Waals surface area (Å²) >= 11 is 12.3. The number of nitrogens with zero attached hydrogens (tertiary/aromatic N) is 2. The average molecular weight is 567 g/mol. The lowest BCUT2D eigenvalue weighted by Crippen LogP contribution is -2.41. The predicted octanol–water partition coefficient (Wildman–Crippen LogP) is 4.87. The minimum absolute atomic E-state index is 0.0145. The van der Waals surface area contributed by atoms with Crippen molar-refractivity contribution in [2.24, 2.45) is 0 Å².